The van der Waals surface area contributed by atoms with Gasteiger partial charge in [0, 0.05) is 0 Å². The van der Waals surface area contributed by atoms with Crippen molar-refractivity contribution in [2.45, 2.75) is 19.9 Å². The molecule has 0 bridgehead atoms. The van der Waals surface area contributed by atoms with Crippen molar-refractivity contribution in [3.8, 4) is 17.2 Å². The van der Waals surface area contributed by atoms with Gasteiger partial charge < -0.3 is 14.9 Å². The summed E-state index contributed by atoms with van der Waals surface area (Å²) < 4.78 is 10.7. The Labute approximate surface area is 99.6 Å². The third kappa shape index (κ3) is 2.29. The number of ether oxygens (including phenoxy) is 1. The Hall–Kier alpha value is -1.88. The summed E-state index contributed by atoms with van der Waals surface area (Å²) in [5, 5.41) is 7.81. The van der Waals surface area contributed by atoms with Gasteiger partial charge in [-0.15, -0.1) is 10.2 Å². The molecule has 0 atom stereocenters. The van der Waals surface area contributed by atoms with Crippen molar-refractivity contribution in [1.82, 2.24) is 10.2 Å². The maximum atomic E-state index is 5.44. The van der Waals surface area contributed by atoms with E-state index in [4.69, 9.17) is 14.9 Å². The lowest BCUT2D eigenvalue weighted by Gasteiger charge is -2.06. The molecule has 0 amide bonds. The molecule has 0 fully saturated rings. The van der Waals surface area contributed by atoms with E-state index in [9.17, 15) is 0 Å². The highest BCUT2D eigenvalue weighted by Crippen LogP contribution is 2.30. The minimum Gasteiger partial charge on any atom is -0.496 e. The van der Waals surface area contributed by atoms with Gasteiger partial charge in [-0.3, -0.25) is 0 Å². The lowest BCUT2D eigenvalue weighted by atomic mass is 10.1. The molecule has 2 rings (SSSR count). The first kappa shape index (κ1) is 11.6. The predicted octanol–water partition coefficient (Wildman–Crippen LogP) is 1.77. The fourth-order valence-corrected chi connectivity index (χ4v) is 1.59. The fourth-order valence-electron chi connectivity index (χ4n) is 1.59. The Morgan fingerprint density at radius 2 is 2.18 bits per heavy atom. The van der Waals surface area contributed by atoms with E-state index in [-0.39, 0.29) is 6.54 Å². The van der Waals surface area contributed by atoms with Crippen LogP contribution in [-0.2, 0) is 13.0 Å². The molecule has 0 radical (unpaired) electrons. The third-order valence-corrected chi connectivity index (χ3v) is 2.54. The summed E-state index contributed by atoms with van der Waals surface area (Å²) in [6, 6.07) is 5.91. The van der Waals surface area contributed by atoms with Crippen molar-refractivity contribution >= 4 is 0 Å². The van der Waals surface area contributed by atoms with Crippen molar-refractivity contribution < 1.29 is 9.15 Å². The Kier molecular flexibility index (Phi) is 3.39. The van der Waals surface area contributed by atoms with Crippen LogP contribution in [0, 0.1) is 0 Å². The van der Waals surface area contributed by atoms with E-state index in [1.807, 2.05) is 18.2 Å². The fraction of sp³-hybridized carbons (Fsp3) is 0.333. The van der Waals surface area contributed by atoms with Crippen molar-refractivity contribution in [3.63, 3.8) is 0 Å². The molecule has 0 saturated carbocycles. The quantitative estimate of drug-likeness (QED) is 0.871. The van der Waals surface area contributed by atoms with Crippen LogP contribution in [0.25, 0.3) is 11.5 Å². The van der Waals surface area contributed by atoms with Gasteiger partial charge in [0.15, 0.2) is 0 Å². The molecule has 1 aromatic heterocycles. The molecule has 5 nitrogen and oxygen atoms in total. The normalized spacial score (nSPS) is 10.5. The zero-order valence-electron chi connectivity index (χ0n) is 9.93. The van der Waals surface area contributed by atoms with E-state index in [0.29, 0.717) is 11.8 Å². The molecule has 2 aromatic rings. The van der Waals surface area contributed by atoms with E-state index >= 15 is 0 Å². The number of benzene rings is 1. The van der Waals surface area contributed by atoms with Crippen LogP contribution >= 0.6 is 0 Å². The topological polar surface area (TPSA) is 74.2 Å². The second-order valence-electron chi connectivity index (χ2n) is 3.59. The second kappa shape index (κ2) is 4.97. The molecular formula is C12H15N3O2. The Balaban J connectivity index is 2.47. The summed E-state index contributed by atoms with van der Waals surface area (Å²) >= 11 is 0. The largest absolute Gasteiger partial charge is 0.496 e. The highest BCUT2D eigenvalue weighted by atomic mass is 16.5. The van der Waals surface area contributed by atoms with E-state index in [2.05, 4.69) is 17.1 Å². The number of aromatic nitrogens is 2. The molecule has 90 valence electrons. The van der Waals surface area contributed by atoms with Crippen LogP contribution < -0.4 is 10.5 Å². The molecular weight excluding hydrogens is 218 g/mol. The van der Waals surface area contributed by atoms with Crippen molar-refractivity contribution in [2.75, 3.05) is 7.11 Å². The Bertz CT molecular complexity index is 508. The van der Waals surface area contributed by atoms with Gasteiger partial charge in [-0.1, -0.05) is 13.0 Å². The van der Waals surface area contributed by atoms with E-state index in [1.54, 1.807) is 7.11 Å². The van der Waals surface area contributed by atoms with Crippen LogP contribution in [-0.4, -0.2) is 17.3 Å². The maximum Gasteiger partial charge on any atom is 0.251 e. The number of hydrogen-bond donors (Lipinski definition) is 1. The summed E-state index contributed by atoms with van der Waals surface area (Å²) in [7, 11) is 1.62. The standard InChI is InChI=1S/C12H15N3O2/c1-3-8-4-5-10(16-2)9(6-8)12-15-14-11(7-13)17-12/h4-6H,3,7,13H2,1-2H3. The average molecular weight is 233 g/mol. The minimum atomic E-state index is 0.239. The lowest BCUT2D eigenvalue weighted by Crippen LogP contribution is -1.95. The molecule has 5 heteroatoms. The molecule has 2 N–H and O–H groups in total. The molecule has 0 saturated heterocycles. The van der Waals surface area contributed by atoms with Gasteiger partial charge in [-0.2, -0.15) is 0 Å². The number of nitrogens with two attached hydrogens (primary N) is 1. The summed E-state index contributed by atoms with van der Waals surface area (Å²) in [4.78, 5) is 0. The van der Waals surface area contributed by atoms with Gasteiger partial charge in [0.25, 0.3) is 5.89 Å². The summed E-state index contributed by atoms with van der Waals surface area (Å²) in [6.07, 6.45) is 0.939. The highest BCUT2D eigenvalue weighted by Gasteiger charge is 2.13. The first-order valence-electron chi connectivity index (χ1n) is 5.48. The summed E-state index contributed by atoms with van der Waals surface area (Å²) in [6.45, 7) is 2.33. The first-order valence-corrected chi connectivity index (χ1v) is 5.48. The Morgan fingerprint density at radius 3 is 2.76 bits per heavy atom. The number of nitrogens with zero attached hydrogens (tertiary/aromatic N) is 2. The third-order valence-electron chi connectivity index (χ3n) is 2.54. The average Bonchev–Trinajstić information content (AvgIpc) is 2.86. The van der Waals surface area contributed by atoms with Crippen LogP contribution in [0.2, 0.25) is 0 Å². The van der Waals surface area contributed by atoms with Crippen molar-refractivity contribution in [3.05, 3.63) is 29.7 Å². The maximum absolute atomic E-state index is 5.44. The van der Waals surface area contributed by atoms with Gasteiger partial charge in [0.2, 0.25) is 5.89 Å². The van der Waals surface area contributed by atoms with Gasteiger partial charge in [0.05, 0.1) is 19.2 Å². The van der Waals surface area contributed by atoms with Crippen LogP contribution in [0.5, 0.6) is 5.75 Å². The molecule has 1 aromatic carbocycles. The number of aryl methyl sites for hydroxylation is 1. The molecule has 0 aliphatic heterocycles. The summed E-state index contributed by atoms with van der Waals surface area (Å²) in [5.41, 5.74) is 7.43. The SMILES string of the molecule is CCc1ccc(OC)c(-c2nnc(CN)o2)c1. The zero-order chi connectivity index (χ0) is 12.3. The van der Waals surface area contributed by atoms with E-state index < -0.39 is 0 Å². The molecule has 0 unspecified atom stereocenters. The summed E-state index contributed by atoms with van der Waals surface area (Å²) in [5.74, 6) is 1.58. The number of hydrogen-bond acceptors (Lipinski definition) is 5. The number of rotatable bonds is 4. The Morgan fingerprint density at radius 1 is 1.35 bits per heavy atom. The molecule has 1 heterocycles. The molecule has 17 heavy (non-hydrogen) atoms. The first-order chi connectivity index (χ1) is 8.28. The lowest BCUT2D eigenvalue weighted by molar-refractivity contribution is 0.413. The van der Waals surface area contributed by atoms with Crippen LogP contribution in [0.3, 0.4) is 0 Å². The minimum absolute atomic E-state index is 0.239. The molecule has 0 spiro atoms. The van der Waals surface area contributed by atoms with Crippen LogP contribution in [0.4, 0.5) is 0 Å². The molecule has 0 aliphatic carbocycles. The second-order valence-corrected chi connectivity index (χ2v) is 3.59. The van der Waals surface area contributed by atoms with Crippen LogP contribution in [0.1, 0.15) is 18.4 Å². The number of methoxy groups -OCH3 is 1. The molecule has 0 aliphatic rings. The predicted molar refractivity (Wildman–Crippen MR) is 63.6 cm³/mol. The van der Waals surface area contributed by atoms with Crippen molar-refractivity contribution in [1.29, 1.82) is 0 Å². The van der Waals surface area contributed by atoms with Crippen molar-refractivity contribution in [2.24, 2.45) is 5.73 Å². The smallest absolute Gasteiger partial charge is 0.251 e. The van der Waals surface area contributed by atoms with E-state index in [1.165, 1.54) is 5.56 Å². The van der Waals surface area contributed by atoms with E-state index in [0.717, 1.165) is 17.7 Å². The van der Waals surface area contributed by atoms with Gasteiger partial charge in [-0.25, -0.2) is 0 Å². The highest BCUT2D eigenvalue weighted by molar-refractivity contribution is 5.63. The zero-order valence-corrected chi connectivity index (χ0v) is 9.93. The monoisotopic (exact) mass is 233 g/mol. The van der Waals surface area contributed by atoms with Gasteiger partial charge >= 0.3 is 0 Å². The van der Waals surface area contributed by atoms with Crippen LogP contribution in [0.15, 0.2) is 22.6 Å². The van der Waals surface area contributed by atoms with Gasteiger partial charge in [0.1, 0.15) is 5.75 Å². The van der Waals surface area contributed by atoms with Gasteiger partial charge in [-0.05, 0) is 24.1 Å².